The monoisotopic (exact) mass is 290 g/mol. The lowest BCUT2D eigenvalue weighted by Crippen LogP contribution is -2.51. The number of hydrogen-bond donors (Lipinski definition) is 0. The van der Waals surface area contributed by atoms with Crippen LogP contribution >= 0.6 is 0 Å². The average molecular weight is 290 g/mol. The molecule has 116 valence electrons. The molecule has 1 aromatic rings. The molecule has 1 aliphatic rings. The van der Waals surface area contributed by atoms with E-state index in [9.17, 15) is 4.79 Å². The molecular weight excluding hydrogens is 264 g/mol. The van der Waals surface area contributed by atoms with Gasteiger partial charge in [-0.1, -0.05) is 19.1 Å². The van der Waals surface area contributed by atoms with Crippen LogP contribution in [0.5, 0.6) is 5.75 Å². The smallest absolute Gasteiger partial charge is 0.263 e. The molecule has 0 saturated carbocycles. The van der Waals surface area contributed by atoms with E-state index in [0.29, 0.717) is 6.42 Å². The van der Waals surface area contributed by atoms with Gasteiger partial charge in [-0.15, -0.1) is 0 Å². The molecule has 4 heteroatoms. The zero-order chi connectivity index (χ0) is 15.4. The molecule has 21 heavy (non-hydrogen) atoms. The van der Waals surface area contributed by atoms with Gasteiger partial charge in [-0.3, -0.25) is 4.79 Å². The topological polar surface area (TPSA) is 32.8 Å². The molecule has 0 bridgehead atoms. The highest BCUT2D eigenvalue weighted by atomic mass is 16.5. The van der Waals surface area contributed by atoms with Crippen molar-refractivity contribution in [3.8, 4) is 5.75 Å². The number of nitrogens with zero attached hydrogens (tertiary/aromatic N) is 2. The van der Waals surface area contributed by atoms with Crippen LogP contribution < -0.4 is 4.74 Å². The van der Waals surface area contributed by atoms with Crippen LogP contribution in [0.3, 0.4) is 0 Å². The number of ether oxygens (including phenoxy) is 1. The third-order valence-electron chi connectivity index (χ3n) is 4.07. The predicted octanol–water partition coefficient (Wildman–Crippen LogP) is 2.23. The fourth-order valence-electron chi connectivity index (χ4n) is 2.53. The maximum absolute atomic E-state index is 12.6. The Bertz CT molecular complexity index is 494. The van der Waals surface area contributed by atoms with Crippen LogP contribution in [0.4, 0.5) is 0 Å². The van der Waals surface area contributed by atoms with E-state index in [1.165, 1.54) is 0 Å². The summed E-state index contributed by atoms with van der Waals surface area (Å²) in [5.41, 5.74) is 2.22. The Kier molecular flexibility index (Phi) is 5.23. The molecule has 1 fully saturated rings. The zero-order valence-electron chi connectivity index (χ0n) is 13.6. The first-order valence-electron chi connectivity index (χ1n) is 7.72. The number of aryl methyl sites for hydroxylation is 2. The van der Waals surface area contributed by atoms with Crippen molar-refractivity contribution in [3.63, 3.8) is 0 Å². The van der Waals surface area contributed by atoms with E-state index in [1.807, 2.05) is 37.8 Å². The predicted molar refractivity (Wildman–Crippen MR) is 84.7 cm³/mol. The first kappa shape index (κ1) is 15.8. The van der Waals surface area contributed by atoms with Gasteiger partial charge in [0.25, 0.3) is 5.91 Å². The fourth-order valence-corrected chi connectivity index (χ4v) is 2.53. The number of hydrogen-bond acceptors (Lipinski definition) is 3. The van der Waals surface area contributed by atoms with Crippen LogP contribution in [0, 0.1) is 13.8 Å². The summed E-state index contributed by atoms with van der Waals surface area (Å²) in [6, 6.07) is 6.11. The summed E-state index contributed by atoms with van der Waals surface area (Å²) in [6.45, 7) is 9.52. The zero-order valence-corrected chi connectivity index (χ0v) is 13.6. The van der Waals surface area contributed by atoms with E-state index in [1.54, 1.807) is 0 Å². The molecule has 1 amide bonds. The van der Waals surface area contributed by atoms with Gasteiger partial charge >= 0.3 is 0 Å². The molecule has 0 spiro atoms. The minimum atomic E-state index is -0.381. The molecule has 1 atom stereocenters. The lowest BCUT2D eigenvalue weighted by atomic mass is 10.1. The number of likely N-dealkylation sites (N-methyl/N-ethyl adjacent to an activating group) is 1. The van der Waals surface area contributed by atoms with Gasteiger partial charge in [0.05, 0.1) is 0 Å². The van der Waals surface area contributed by atoms with Crippen molar-refractivity contribution < 1.29 is 9.53 Å². The maximum Gasteiger partial charge on any atom is 0.263 e. The summed E-state index contributed by atoms with van der Waals surface area (Å²) in [7, 11) is 2.09. The minimum Gasteiger partial charge on any atom is -0.480 e. The van der Waals surface area contributed by atoms with Gasteiger partial charge in [0.15, 0.2) is 6.10 Å². The van der Waals surface area contributed by atoms with Gasteiger partial charge in [0, 0.05) is 26.2 Å². The van der Waals surface area contributed by atoms with Crippen LogP contribution in [-0.2, 0) is 4.79 Å². The summed E-state index contributed by atoms with van der Waals surface area (Å²) in [4.78, 5) is 16.8. The average Bonchev–Trinajstić information content (AvgIpc) is 2.48. The van der Waals surface area contributed by atoms with Crippen LogP contribution in [0.15, 0.2) is 18.2 Å². The van der Waals surface area contributed by atoms with Crippen LogP contribution in [-0.4, -0.2) is 55.0 Å². The number of carbonyl (C=O) groups excluding carboxylic acids is 1. The first-order chi connectivity index (χ1) is 10.0. The van der Waals surface area contributed by atoms with Gasteiger partial charge in [-0.05, 0) is 44.5 Å². The molecule has 1 aromatic carbocycles. The third kappa shape index (κ3) is 3.97. The summed E-state index contributed by atoms with van der Waals surface area (Å²) in [5.74, 6) is 0.941. The summed E-state index contributed by atoms with van der Waals surface area (Å²) in [6.07, 6.45) is 0.312. The highest BCUT2D eigenvalue weighted by molar-refractivity contribution is 5.81. The Labute approximate surface area is 127 Å². The first-order valence-corrected chi connectivity index (χ1v) is 7.72. The standard InChI is InChI=1S/C17H26N2O2/c1-5-15(17(20)19-10-8-18(4)9-11-19)21-16-12-13(2)6-7-14(16)3/h6-7,12,15H,5,8-11H2,1-4H3/t15-/m0/s1. The molecule has 2 rings (SSSR count). The van der Waals surface area contributed by atoms with Crippen molar-refractivity contribution in [2.24, 2.45) is 0 Å². The number of piperazine rings is 1. The number of carbonyl (C=O) groups is 1. The van der Waals surface area contributed by atoms with Crippen LogP contribution in [0.2, 0.25) is 0 Å². The summed E-state index contributed by atoms with van der Waals surface area (Å²) >= 11 is 0. The molecule has 0 aromatic heterocycles. The van der Waals surface area contributed by atoms with Crippen molar-refractivity contribution in [3.05, 3.63) is 29.3 Å². The van der Waals surface area contributed by atoms with Gasteiger partial charge < -0.3 is 14.5 Å². The van der Waals surface area contributed by atoms with Gasteiger partial charge in [0.1, 0.15) is 5.75 Å². The van der Waals surface area contributed by atoms with E-state index in [4.69, 9.17) is 4.74 Å². The van der Waals surface area contributed by atoms with Crippen molar-refractivity contribution >= 4 is 5.91 Å². The largest absolute Gasteiger partial charge is 0.480 e. The maximum atomic E-state index is 12.6. The molecule has 1 aliphatic heterocycles. The third-order valence-corrected chi connectivity index (χ3v) is 4.07. The second-order valence-corrected chi connectivity index (χ2v) is 5.91. The molecule has 0 N–H and O–H groups in total. The van der Waals surface area contributed by atoms with E-state index in [0.717, 1.165) is 43.1 Å². The number of rotatable bonds is 4. The summed E-state index contributed by atoms with van der Waals surface area (Å²) in [5, 5.41) is 0. The highest BCUT2D eigenvalue weighted by Gasteiger charge is 2.27. The highest BCUT2D eigenvalue weighted by Crippen LogP contribution is 2.22. The Morgan fingerprint density at radius 3 is 2.52 bits per heavy atom. The van der Waals surface area contributed by atoms with Crippen LogP contribution in [0.1, 0.15) is 24.5 Å². The van der Waals surface area contributed by atoms with E-state index in [2.05, 4.69) is 18.0 Å². The fraction of sp³-hybridized carbons (Fsp3) is 0.588. The molecule has 1 heterocycles. The minimum absolute atomic E-state index is 0.117. The van der Waals surface area contributed by atoms with E-state index >= 15 is 0 Å². The number of benzene rings is 1. The SMILES string of the molecule is CC[C@H](Oc1cc(C)ccc1C)C(=O)N1CCN(C)CC1. The van der Waals surface area contributed by atoms with Gasteiger partial charge in [-0.2, -0.15) is 0 Å². The Hall–Kier alpha value is -1.55. The Balaban J connectivity index is 2.05. The lowest BCUT2D eigenvalue weighted by Gasteiger charge is -2.34. The Morgan fingerprint density at radius 2 is 1.90 bits per heavy atom. The van der Waals surface area contributed by atoms with Crippen molar-refractivity contribution in [2.45, 2.75) is 33.3 Å². The van der Waals surface area contributed by atoms with Crippen molar-refractivity contribution in [1.82, 2.24) is 9.80 Å². The lowest BCUT2D eigenvalue weighted by molar-refractivity contribution is -0.140. The van der Waals surface area contributed by atoms with Gasteiger partial charge in [-0.25, -0.2) is 0 Å². The quantitative estimate of drug-likeness (QED) is 0.852. The van der Waals surface area contributed by atoms with Crippen molar-refractivity contribution in [2.75, 3.05) is 33.2 Å². The molecular formula is C17H26N2O2. The van der Waals surface area contributed by atoms with E-state index < -0.39 is 0 Å². The molecule has 0 unspecified atom stereocenters. The molecule has 4 nitrogen and oxygen atoms in total. The second-order valence-electron chi connectivity index (χ2n) is 5.91. The number of amides is 1. The van der Waals surface area contributed by atoms with Crippen LogP contribution in [0.25, 0.3) is 0 Å². The Morgan fingerprint density at radius 1 is 1.24 bits per heavy atom. The second kappa shape index (κ2) is 6.94. The normalized spacial score (nSPS) is 17.6. The van der Waals surface area contributed by atoms with E-state index in [-0.39, 0.29) is 12.0 Å². The van der Waals surface area contributed by atoms with Gasteiger partial charge in [0.2, 0.25) is 0 Å². The molecule has 0 radical (unpaired) electrons. The molecule has 1 saturated heterocycles. The molecule has 0 aliphatic carbocycles. The van der Waals surface area contributed by atoms with Crippen molar-refractivity contribution in [1.29, 1.82) is 0 Å². The summed E-state index contributed by atoms with van der Waals surface area (Å²) < 4.78 is 6.01.